The topological polar surface area (TPSA) is 88.2 Å². The van der Waals surface area contributed by atoms with Crippen molar-refractivity contribution in [2.45, 2.75) is 6.92 Å². The first-order valence-electron chi connectivity index (χ1n) is 10.4. The molecular formula is C26H22N4O3. The van der Waals surface area contributed by atoms with E-state index in [1.165, 1.54) is 7.11 Å². The van der Waals surface area contributed by atoms with Crippen LogP contribution in [0.25, 0.3) is 23.0 Å². The number of carbonyl (C=O) groups excluding carboxylic acids is 2. The van der Waals surface area contributed by atoms with E-state index in [1.54, 1.807) is 17.7 Å². The van der Waals surface area contributed by atoms with Crippen molar-refractivity contribution in [2.24, 2.45) is 0 Å². The van der Waals surface area contributed by atoms with E-state index < -0.39 is 11.8 Å². The average molecular weight is 438 g/mol. The van der Waals surface area contributed by atoms with Crippen LogP contribution in [0, 0.1) is 11.3 Å². The van der Waals surface area contributed by atoms with E-state index in [0.717, 1.165) is 16.2 Å². The first-order chi connectivity index (χ1) is 16.0. The van der Waals surface area contributed by atoms with E-state index >= 15 is 0 Å². The minimum absolute atomic E-state index is 0.0475. The molecule has 2 amide bonds. The Labute approximate surface area is 191 Å². The number of hydrogen-bond donors (Lipinski definition) is 0. The van der Waals surface area contributed by atoms with Crippen LogP contribution in [0.4, 0.5) is 0 Å². The van der Waals surface area contributed by atoms with Gasteiger partial charge in [-0.3, -0.25) is 14.5 Å². The Hall–Kier alpha value is -4.28. The second-order valence-electron chi connectivity index (χ2n) is 7.50. The van der Waals surface area contributed by atoms with Gasteiger partial charge < -0.3 is 4.74 Å². The van der Waals surface area contributed by atoms with Gasteiger partial charge in [0.25, 0.3) is 11.8 Å². The first kappa shape index (κ1) is 21.9. The number of para-hydroxylation sites is 1. The van der Waals surface area contributed by atoms with Crippen LogP contribution in [0.3, 0.4) is 0 Å². The Bertz CT molecular complexity index is 1300. The van der Waals surface area contributed by atoms with Crippen molar-refractivity contribution in [2.75, 3.05) is 20.3 Å². The summed E-state index contributed by atoms with van der Waals surface area (Å²) in [6, 6.07) is 21.3. The Morgan fingerprint density at radius 1 is 1.03 bits per heavy atom. The van der Waals surface area contributed by atoms with Crippen LogP contribution in [0.15, 0.2) is 83.6 Å². The van der Waals surface area contributed by atoms with Gasteiger partial charge in [0.2, 0.25) is 0 Å². The highest BCUT2D eigenvalue weighted by Gasteiger charge is 2.35. The zero-order valence-corrected chi connectivity index (χ0v) is 18.4. The smallest absolute Gasteiger partial charge is 0.271 e. The van der Waals surface area contributed by atoms with Crippen molar-refractivity contribution in [3.05, 3.63) is 89.1 Å². The second kappa shape index (κ2) is 9.47. The Kier molecular flexibility index (Phi) is 6.29. The predicted octanol–water partition coefficient (Wildman–Crippen LogP) is 3.78. The lowest BCUT2D eigenvalue weighted by molar-refractivity contribution is -0.141. The quantitative estimate of drug-likeness (QED) is 0.432. The molecule has 0 radical (unpaired) electrons. The number of ether oxygens (including phenoxy) is 1. The normalized spacial score (nSPS) is 15.3. The van der Waals surface area contributed by atoms with Crippen molar-refractivity contribution >= 4 is 17.9 Å². The van der Waals surface area contributed by atoms with Gasteiger partial charge >= 0.3 is 0 Å². The third kappa shape index (κ3) is 4.25. The summed E-state index contributed by atoms with van der Waals surface area (Å²) >= 11 is 0. The molecule has 1 aliphatic rings. The van der Waals surface area contributed by atoms with Gasteiger partial charge in [-0.15, -0.1) is 0 Å². The molecule has 0 unspecified atom stereocenters. The van der Waals surface area contributed by atoms with Crippen LogP contribution < -0.4 is 0 Å². The molecule has 4 rings (SSSR count). The monoisotopic (exact) mass is 438 g/mol. The van der Waals surface area contributed by atoms with E-state index in [-0.39, 0.29) is 24.3 Å². The fourth-order valence-electron chi connectivity index (χ4n) is 3.70. The van der Waals surface area contributed by atoms with Crippen molar-refractivity contribution in [1.29, 1.82) is 5.26 Å². The Morgan fingerprint density at radius 3 is 2.33 bits per heavy atom. The number of aromatic nitrogens is 2. The molecule has 1 aliphatic heterocycles. The molecule has 0 aliphatic carbocycles. The van der Waals surface area contributed by atoms with Gasteiger partial charge in [0, 0.05) is 30.0 Å². The molecule has 2 aromatic carbocycles. The number of amides is 2. The Morgan fingerprint density at radius 2 is 1.70 bits per heavy atom. The largest absolute Gasteiger partial charge is 0.383 e. The highest BCUT2D eigenvalue weighted by Crippen LogP contribution is 2.31. The highest BCUT2D eigenvalue weighted by atomic mass is 16.5. The maximum Gasteiger partial charge on any atom is 0.271 e. The van der Waals surface area contributed by atoms with E-state index in [2.05, 4.69) is 0 Å². The molecule has 0 spiro atoms. The second-order valence-corrected chi connectivity index (χ2v) is 7.50. The van der Waals surface area contributed by atoms with Gasteiger partial charge in [0.15, 0.2) is 0 Å². The SMILES string of the molecule is COCCN1C(=O)C(=Cc2cn(-c3ccccc3)nc2-c2ccccc2)C(C)=C(C#N)C1=O. The number of rotatable bonds is 6. The molecule has 33 heavy (non-hydrogen) atoms. The summed E-state index contributed by atoms with van der Waals surface area (Å²) in [5.41, 5.74) is 3.73. The van der Waals surface area contributed by atoms with Crippen LogP contribution >= 0.6 is 0 Å². The first-order valence-corrected chi connectivity index (χ1v) is 10.4. The zero-order chi connectivity index (χ0) is 23.4. The lowest BCUT2D eigenvalue weighted by Gasteiger charge is -2.27. The maximum atomic E-state index is 13.3. The summed E-state index contributed by atoms with van der Waals surface area (Å²) in [4.78, 5) is 27.0. The molecule has 2 heterocycles. The summed E-state index contributed by atoms with van der Waals surface area (Å²) in [5, 5.41) is 14.4. The number of carbonyl (C=O) groups is 2. The van der Waals surface area contributed by atoms with Crippen LogP contribution in [-0.4, -0.2) is 46.8 Å². The van der Waals surface area contributed by atoms with E-state index in [9.17, 15) is 14.9 Å². The third-order valence-corrected chi connectivity index (χ3v) is 5.45. The molecule has 1 aromatic heterocycles. The van der Waals surface area contributed by atoms with Gasteiger partial charge in [-0.1, -0.05) is 48.5 Å². The molecule has 0 saturated carbocycles. The van der Waals surface area contributed by atoms with Gasteiger partial charge in [-0.2, -0.15) is 10.4 Å². The van der Waals surface area contributed by atoms with Gasteiger partial charge in [0.1, 0.15) is 11.6 Å². The summed E-state index contributed by atoms with van der Waals surface area (Å²) in [7, 11) is 1.49. The molecular weight excluding hydrogens is 416 g/mol. The molecule has 7 nitrogen and oxygen atoms in total. The van der Waals surface area contributed by atoms with Crippen molar-refractivity contribution < 1.29 is 14.3 Å². The van der Waals surface area contributed by atoms with Crippen LogP contribution in [-0.2, 0) is 14.3 Å². The summed E-state index contributed by atoms with van der Waals surface area (Å²) in [6.07, 6.45) is 3.54. The van der Waals surface area contributed by atoms with Crippen molar-refractivity contribution in [3.8, 4) is 23.0 Å². The molecule has 3 aromatic rings. The highest BCUT2D eigenvalue weighted by molar-refractivity contribution is 6.19. The molecule has 0 saturated heterocycles. The number of nitrogens with zero attached hydrogens (tertiary/aromatic N) is 4. The van der Waals surface area contributed by atoms with Crippen molar-refractivity contribution in [3.63, 3.8) is 0 Å². The van der Waals surface area contributed by atoms with E-state index in [4.69, 9.17) is 9.84 Å². The number of methoxy groups -OCH3 is 1. The molecule has 0 bridgehead atoms. The number of imide groups is 1. The van der Waals surface area contributed by atoms with Crippen LogP contribution in [0.2, 0.25) is 0 Å². The predicted molar refractivity (Wildman–Crippen MR) is 124 cm³/mol. The zero-order valence-electron chi connectivity index (χ0n) is 18.4. The lowest BCUT2D eigenvalue weighted by atomic mass is 9.93. The molecule has 164 valence electrons. The fourth-order valence-corrected chi connectivity index (χ4v) is 3.70. The minimum atomic E-state index is -0.600. The minimum Gasteiger partial charge on any atom is -0.383 e. The maximum absolute atomic E-state index is 13.3. The molecule has 0 atom stereocenters. The summed E-state index contributed by atoms with van der Waals surface area (Å²) in [6.45, 7) is 1.88. The summed E-state index contributed by atoms with van der Waals surface area (Å²) < 4.78 is 6.79. The van der Waals surface area contributed by atoms with E-state index in [1.807, 2.05) is 72.9 Å². The lowest BCUT2D eigenvalue weighted by Crippen LogP contribution is -2.44. The number of benzene rings is 2. The van der Waals surface area contributed by atoms with Crippen LogP contribution in [0.1, 0.15) is 12.5 Å². The van der Waals surface area contributed by atoms with Gasteiger partial charge in [-0.25, -0.2) is 4.68 Å². The average Bonchev–Trinajstić information content (AvgIpc) is 3.27. The Balaban J connectivity index is 1.88. The standard InChI is InChI=1S/C26H22N4O3/c1-18-22(25(31)29(13-14-33-2)26(32)23(18)16-27)15-20-17-30(21-11-7-4-8-12-21)28-24(20)19-9-5-3-6-10-19/h3-12,15,17H,13-14H2,1-2H3. The number of nitriles is 1. The van der Waals surface area contributed by atoms with Crippen molar-refractivity contribution in [1.82, 2.24) is 14.7 Å². The molecule has 0 fully saturated rings. The van der Waals surface area contributed by atoms with Gasteiger partial charge in [-0.05, 0) is 30.7 Å². The van der Waals surface area contributed by atoms with Crippen LogP contribution in [0.5, 0.6) is 0 Å². The van der Waals surface area contributed by atoms with Gasteiger partial charge in [0.05, 0.1) is 24.5 Å². The fraction of sp³-hybridized carbons (Fsp3) is 0.154. The number of hydrogen-bond acceptors (Lipinski definition) is 5. The summed E-state index contributed by atoms with van der Waals surface area (Å²) in [5.74, 6) is -1.06. The van der Waals surface area contributed by atoms with E-state index in [0.29, 0.717) is 16.8 Å². The molecule has 0 N–H and O–H groups in total. The molecule has 7 heteroatoms. The third-order valence-electron chi connectivity index (χ3n) is 5.45.